The fraction of sp³-hybridized carbons (Fsp3) is 0.400. The molecule has 2 aromatic carbocycles. The predicted molar refractivity (Wildman–Crippen MR) is 126 cm³/mol. The molecule has 31 heavy (non-hydrogen) atoms. The number of anilines is 2. The Bertz CT molecular complexity index is 993. The molecular formula is C25H31N5O. The minimum Gasteiger partial charge on any atom is -0.372 e. The Morgan fingerprint density at radius 1 is 1.13 bits per heavy atom. The Labute approximate surface area is 184 Å². The fourth-order valence-corrected chi connectivity index (χ4v) is 4.23. The first-order valence-corrected chi connectivity index (χ1v) is 11.3. The Morgan fingerprint density at radius 3 is 2.71 bits per heavy atom. The number of nitrogens with one attached hydrogen (secondary N) is 1. The van der Waals surface area contributed by atoms with Crippen LogP contribution in [0.15, 0.2) is 60.8 Å². The lowest BCUT2D eigenvalue weighted by Gasteiger charge is -2.32. The molecule has 1 saturated heterocycles. The molecule has 6 nitrogen and oxygen atoms in total. The van der Waals surface area contributed by atoms with Crippen LogP contribution in [0.4, 0.5) is 11.5 Å². The highest BCUT2D eigenvalue weighted by molar-refractivity contribution is 5.80. The van der Waals surface area contributed by atoms with Crippen molar-refractivity contribution in [2.75, 3.05) is 42.5 Å². The topological polar surface area (TPSA) is 61.4 Å². The van der Waals surface area contributed by atoms with Crippen LogP contribution in [0.2, 0.25) is 0 Å². The number of nitrogens with zero attached hydrogens (tertiary/aromatic N) is 4. The van der Waals surface area contributed by atoms with Crippen LogP contribution in [0.25, 0.3) is 11.0 Å². The number of rotatable bonds is 8. The standard InChI is InChI=1S/C25H31N5O/c1-2-29(21-11-4-3-5-12-21)17-9-15-26-25(31)20-10-8-16-30(19-20)24-18-27-22-13-6-7-14-23(22)28-24/h3-7,11-14,18,20H,2,8-10,15-17,19H2,1H3,(H,26,31)/t20-/m0/s1. The lowest BCUT2D eigenvalue weighted by atomic mass is 9.97. The number of benzene rings is 2. The lowest BCUT2D eigenvalue weighted by molar-refractivity contribution is -0.125. The summed E-state index contributed by atoms with van der Waals surface area (Å²) in [6.45, 7) is 6.38. The van der Waals surface area contributed by atoms with Crippen molar-refractivity contribution in [2.24, 2.45) is 5.92 Å². The van der Waals surface area contributed by atoms with Gasteiger partial charge in [-0.2, -0.15) is 0 Å². The van der Waals surface area contributed by atoms with Gasteiger partial charge in [-0.15, -0.1) is 0 Å². The SMILES string of the molecule is CCN(CCCNC(=O)[C@H]1CCCN(c2cnc3ccccc3n2)C1)c1ccccc1. The number of aromatic nitrogens is 2. The van der Waals surface area contributed by atoms with E-state index in [0.29, 0.717) is 13.1 Å². The number of hydrogen-bond donors (Lipinski definition) is 1. The van der Waals surface area contributed by atoms with Crippen LogP contribution in [-0.2, 0) is 4.79 Å². The Morgan fingerprint density at radius 2 is 1.90 bits per heavy atom. The smallest absolute Gasteiger partial charge is 0.224 e. The van der Waals surface area contributed by atoms with Crippen molar-refractivity contribution in [1.29, 1.82) is 0 Å². The molecule has 1 N–H and O–H groups in total. The molecule has 1 atom stereocenters. The molecule has 0 spiro atoms. The zero-order valence-electron chi connectivity index (χ0n) is 18.2. The molecule has 1 aromatic heterocycles. The molecule has 0 radical (unpaired) electrons. The van der Waals surface area contributed by atoms with Gasteiger partial charge in [-0.1, -0.05) is 30.3 Å². The molecule has 0 unspecified atom stereocenters. The third kappa shape index (κ3) is 5.32. The quantitative estimate of drug-likeness (QED) is 0.564. The zero-order chi connectivity index (χ0) is 21.5. The van der Waals surface area contributed by atoms with Crippen molar-refractivity contribution < 1.29 is 4.79 Å². The van der Waals surface area contributed by atoms with E-state index in [1.54, 1.807) is 0 Å². The maximum absolute atomic E-state index is 12.8. The van der Waals surface area contributed by atoms with Crippen molar-refractivity contribution in [2.45, 2.75) is 26.2 Å². The van der Waals surface area contributed by atoms with E-state index in [-0.39, 0.29) is 11.8 Å². The molecule has 1 aliphatic heterocycles. The van der Waals surface area contributed by atoms with Crippen LogP contribution in [-0.4, -0.2) is 48.6 Å². The summed E-state index contributed by atoms with van der Waals surface area (Å²) in [6, 6.07) is 18.3. The molecule has 1 fully saturated rings. The molecule has 2 heterocycles. The molecule has 1 amide bonds. The van der Waals surface area contributed by atoms with E-state index in [1.807, 2.05) is 36.5 Å². The summed E-state index contributed by atoms with van der Waals surface area (Å²) in [7, 11) is 0. The van der Waals surface area contributed by atoms with Crippen molar-refractivity contribution in [1.82, 2.24) is 15.3 Å². The number of carbonyl (C=O) groups is 1. The van der Waals surface area contributed by atoms with Crippen LogP contribution in [0.5, 0.6) is 0 Å². The van der Waals surface area contributed by atoms with E-state index in [4.69, 9.17) is 4.98 Å². The second-order valence-electron chi connectivity index (χ2n) is 8.06. The van der Waals surface area contributed by atoms with Crippen molar-refractivity contribution in [3.05, 3.63) is 60.8 Å². The monoisotopic (exact) mass is 417 g/mol. The van der Waals surface area contributed by atoms with Gasteiger partial charge in [0.1, 0.15) is 5.82 Å². The van der Waals surface area contributed by atoms with E-state index in [1.165, 1.54) is 5.69 Å². The van der Waals surface area contributed by atoms with Gasteiger partial charge in [0, 0.05) is 38.4 Å². The van der Waals surface area contributed by atoms with Gasteiger partial charge < -0.3 is 15.1 Å². The lowest BCUT2D eigenvalue weighted by Crippen LogP contribution is -2.44. The number of para-hydroxylation sites is 3. The molecule has 6 heteroatoms. The average Bonchev–Trinajstić information content (AvgIpc) is 2.84. The number of hydrogen-bond acceptors (Lipinski definition) is 5. The summed E-state index contributed by atoms with van der Waals surface area (Å²) >= 11 is 0. The van der Waals surface area contributed by atoms with E-state index in [0.717, 1.165) is 55.7 Å². The van der Waals surface area contributed by atoms with Gasteiger partial charge in [0.05, 0.1) is 23.1 Å². The van der Waals surface area contributed by atoms with Gasteiger partial charge in [-0.25, -0.2) is 4.98 Å². The Hall–Kier alpha value is -3.15. The number of carbonyl (C=O) groups excluding carboxylic acids is 1. The van der Waals surface area contributed by atoms with Crippen molar-refractivity contribution in [3.8, 4) is 0 Å². The van der Waals surface area contributed by atoms with E-state index in [9.17, 15) is 4.79 Å². The van der Waals surface area contributed by atoms with Crippen LogP contribution < -0.4 is 15.1 Å². The summed E-state index contributed by atoms with van der Waals surface area (Å²) in [5.41, 5.74) is 3.02. The van der Waals surface area contributed by atoms with Gasteiger partial charge >= 0.3 is 0 Å². The van der Waals surface area contributed by atoms with E-state index >= 15 is 0 Å². The van der Waals surface area contributed by atoms with Crippen molar-refractivity contribution in [3.63, 3.8) is 0 Å². The highest BCUT2D eigenvalue weighted by Gasteiger charge is 2.26. The van der Waals surface area contributed by atoms with Gasteiger partial charge in [0.15, 0.2) is 0 Å². The molecule has 1 aliphatic rings. The van der Waals surface area contributed by atoms with Gasteiger partial charge in [-0.3, -0.25) is 9.78 Å². The van der Waals surface area contributed by atoms with Crippen molar-refractivity contribution >= 4 is 28.4 Å². The van der Waals surface area contributed by atoms with E-state index in [2.05, 4.69) is 51.3 Å². The van der Waals surface area contributed by atoms with Gasteiger partial charge in [0.2, 0.25) is 5.91 Å². The minimum atomic E-state index is -0.00146. The van der Waals surface area contributed by atoms with Crippen LogP contribution >= 0.6 is 0 Å². The third-order valence-corrected chi connectivity index (χ3v) is 5.96. The summed E-state index contributed by atoms with van der Waals surface area (Å²) in [5, 5.41) is 3.16. The summed E-state index contributed by atoms with van der Waals surface area (Å²) < 4.78 is 0. The van der Waals surface area contributed by atoms with E-state index < -0.39 is 0 Å². The number of amides is 1. The van der Waals surface area contributed by atoms with Gasteiger partial charge in [0.25, 0.3) is 0 Å². The zero-order valence-corrected chi connectivity index (χ0v) is 18.2. The molecule has 0 saturated carbocycles. The third-order valence-electron chi connectivity index (χ3n) is 5.96. The summed E-state index contributed by atoms with van der Waals surface area (Å²) in [4.78, 5) is 26.6. The second kappa shape index (κ2) is 10.2. The second-order valence-corrected chi connectivity index (χ2v) is 8.06. The maximum atomic E-state index is 12.8. The molecule has 162 valence electrons. The molecule has 0 bridgehead atoms. The van der Waals surface area contributed by atoms with Crippen LogP contribution in [0.1, 0.15) is 26.2 Å². The first kappa shape index (κ1) is 21.1. The highest BCUT2D eigenvalue weighted by atomic mass is 16.1. The highest BCUT2D eigenvalue weighted by Crippen LogP contribution is 2.23. The maximum Gasteiger partial charge on any atom is 0.224 e. The Balaban J connectivity index is 1.27. The summed E-state index contributed by atoms with van der Waals surface area (Å²) in [6.07, 6.45) is 4.67. The number of piperidine rings is 1. The predicted octanol–water partition coefficient (Wildman–Crippen LogP) is 3.88. The molecule has 4 rings (SSSR count). The molecule has 0 aliphatic carbocycles. The summed E-state index contributed by atoms with van der Waals surface area (Å²) in [5.74, 6) is 1.01. The number of fused-ring (bicyclic) bond motifs is 1. The Kier molecular flexibility index (Phi) is 6.97. The van der Waals surface area contributed by atoms with Crippen LogP contribution in [0.3, 0.4) is 0 Å². The largest absolute Gasteiger partial charge is 0.372 e. The molecule has 3 aromatic rings. The first-order valence-electron chi connectivity index (χ1n) is 11.3. The normalized spacial score (nSPS) is 16.3. The first-order chi connectivity index (χ1) is 15.2. The minimum absolute atomic E-state index is 0.00146. The van der Waals surface area contributed by atoms with Gasteiger partial charge in [-0.05, 0) is 50.5 Å². The van der Waals surface area contributed by atoms with Crippen LogP contribution in [0, 0.1) is 5.92 Å². The average molecular weight is 418 g/mol. The molecular weight excluding hydrogens is 386 g/mol. The fourth-order valence-electron chi connectivity index (χ4n) is 4.23.